The van der Waals surface area contributed by atoms with Crippen molar-refractivity contribution in [3.8, 4) is 5.75 Å². The molecule has 0 bridgehead atoms. The van der Waals surface area contributed by atoms with Gasteiger partial charge in [-0.2, -0.15) is 0 Å². The van der Waals surface area contributed by atoms with Crippen molar-refractivity contribution in [2.45, 2.75) is 20.0 Å². The lowest BCUT2D eigenvalue weighted by atomic mass is 10.2. The molecule has 1 N–H and O–H groups in total. The third kappa shape index (κ3) is 5.11. The summed E-state index contributed by atoms with van der Waals surface area (Å²) in [4.78, 5) is 24.5. The van der Waals surface area contributed by atoms with Gasteiger partial charge in [0.15, 0.2) is 6.10 Å². The molecule has 0 spiro atoms. The first kappa shape index (κ1) is 19.1. The maximum Gasteiger partial charge on any atom is 0.340 e. The number of hydrogen-bond donors (Lipinski definition) is 1. The SMILES string of the molecule is CCOc1ccccc1NC(=O)C(C)OC(=O)c1cc(Cl)ccc1Cl. The maximum absolute atomic E-state index is 12.3. The first-order valence-electron chi connectivity index (χ1n) is 7.61. The zero-order valence-electron chi connectivity index (χ0n) is 13.7. The fourth-order valence-electron chi connectivity index (χ4n) is 2.02. The van der Waals surface area contributed by atoms with Crippen molar-refractivity contribution in [3.05, 3.63) is 58.1 Å². The van der Waals surface area contributed by atoms with Gasteiger partial charge in [-0.15, -0.1) is 0 Å². The molecular formula is C18H17Cl2NO4. The minimum absolute atomic E-state index is 0.100. The highest BCUT2D eigenvalue weighted by molar-refractivity contribution is 6.35. The molecular weight excluding hydrogens is 365 g/mol. The van der Waals surface area contributed by atoms with Crippen LogP contribution in [0.4, 0.5) is 5.69 Å². The molecule has 0 heterocycles. The molecule has 0 aliphatic heterocycles. The number of halogens is 2. The molecule has 2 aromatic carbocycles. The molecule has 2 rings (SSSR count). The van der Waals surface area contributed by atoms with Crippen LogP contribution in [0.5, 0.6) is 5.75 Å². The summed E-state index contributed by atoms with van der Waals surface area (Å²) in [6.45, 7) is 3.78. The predicted molar refractivity (Wildman–Crippen MR) is 97.6 cm³/mol. The Morgan fingerprint density at radius 2 is 1.88 bits per heavy atom. The lowest BCUT2D eigenvalue weighted by Crippen LogP contribution is -2.30. The van der Waals surface area contributed by atoms with E-state index in [9.17, 15) is 9.59 Å². The number of amides is 1. The van der Waals surface area contributed by atoms with Crippen molar-refractivity contribution in [1.82, 2.24) is 0 Å². The van der Waals surface area contributed by atoms with Crippen LogP contribution in [0.3, 0.4) is 0 Å². The van der Waals surface area contributed by atoms with E-state index >= 15 is 0 Å². The third-order valence-electron chi connectivity index (χ3n) is 3.25. The molecule has 0 aliphatic rings. The summed E-state index contributed by atoms with van der Waals surface area (Å²) in [6.07, 6.45) is -1.03. The van der Waals surface area contributed by atoms with Crippen molar-refractivity contribution in [1.29, 1.82) is 0 Å². The van der Waals surface area contributed by atoms with E-state index in [1.165, 1.54) is 19.1 Å². The standard InChI is InChI=1S/C18H17Cl2NO4/c1-3-24-16-7-5-4-6-15(16)21-17(22)11(2)25-18(23)13-10-12(19)8-9-14(13)20/h4-11H,3H2,1-2H3,(H,21,22). The Morgan fingerprint density at radius 3 is 2.60 bits per heavy atom. The van der Waals surface area contributed by atoms with Gasteiger partial charge in [-0.05, 0) is 44.2 Å². The van der Waals surface area contributed by atoms with E-state index < -0.39 is 18.0 Å². The van der Waals surface area contributed by atoms with Crippen molar-refractivity contribution >= 4 is 40.8 Å². The molecule has 0 aromatic heterocycles. The van der Waals surface area contributed by atoms with Crippen LogP contribution in [0.1, 0.15) is 24.2 Å². The molecule has 2 aromatic rings. The summed E-state index contributed by atoms with van der Waals surface area (Å²) < 4.78 is 10.6. The van der Waals surface area contributed by atoms with Gasteiger partial charge in [0.05, 0.1) is 22.9 Å². The topological polar surface area (TPSA) is 64.6 Å². The largest absolute Gasteiger partial charge is 0.492 e. The van der Waals surface area contributed by atoms with Gasteiger partial charge in [0.1, 0.15) is 5.75 Å². The monoisotopic (exact) mass is 381 g/mol. The third-order valence-corrected chi connectivity index (χ3v) is 3.81. The summed E-state index contributed by atoms with van der Waals surface area (Å²) in [7, 11) is 0. The minimum atomic E-state index is -1.03. The van der Waals surface area contributed by atoms with E-state index in [1.54, 1.807) is 30.3 Å². The van der Waals surface area contributed by atoms with E-state index in [0.29, 0.717) is 23.1 Å². The van der Waals surface area contributed by atoms with Gasteiger partial charge in [-0.1, -0.05) is 35.3 Å². The smallest absolute Gasteiger partial charge is 0.340 e. The number of nitrogens with one attached hydrogen (secondary N) is 1. The minimum Gasteiger partial charge on any atom is -0.492 e. The number of hydrogen-bond acceptors (Lipinski definition) is 4. The summed E-state index contributed by atoms with van der Waals surface area (Å²) >= 11 is 11.8. The summed E-state index contributed by atoms with van der Waals surface area (Å²) in [6, 6.07) is 11.4. The van der Waals surface area contributed by atoms with Crippen LogP contribution in [0, 0.1) is 0 Å². The lowest BCUT2D eigenvalue weighted by Gasteiger charge is -2.16. The van der Waals surface area contributed by atoms with Gasteiger partial charge >= 0.3 is 5.97 Å². The molecule has 7 heteroatoms. The highest BCUT2D eigenvalue weighted by Crippen LogP contribution is 2.25. The first-order chi connectivity index (χ1) is 11.9. The van der Waals surface area contributed by atoms with Crippen molar-refractivity contribution in [3.63, 3.8) is 0 Å². The fraction of sp³-hybridized carbons (Fsp3) is 0.222. The number of para-hydroxylation sites is 2. The number of ether oxygens (including phenoxy) is 2. The van der Waals surface area contributed by atoms with Crippen LogP contribution in [0.15, 0.2) is 42.5 Å². The lowest BCUT2D eigenvalue weighted by molar-refractivity contribution is -0.123. The molecule has 1 unspecified atom stereocenters. The van der Waals surface area contributed by atoms with Crippen LogP contribution in [-0.2, 0) is 9.53 Å². The van der Waals surface area contributed by atoms with Crippen LogP contribution < -0.4 is 10.1 Å². The summed E-state index contributed by atoms with van der Waals surface area (Å²) in [5.41, 5.74) is 0.599. The van der Waals surface area contributed by atoms with Gasteiger partial charge < -0.3 is 14.8 Å². The number of benzene rings is 2. The quantitative estimate of drug-likeness (QED) is 0.743. The number of rotatable bonds is 6. The number of carbonyl (C=O) groups is 2. The molecule has 0 saturated carbocycles. The second kappa shape index (κ2) is 8.74. The number of esters is 1. The van der Waals surface area contributed by atoms with Crippen LogP contribution >= 0.6 is 23.2 Å². The molecule has 1 atom stereocenters. The van der Waals surface area contributed by atoms with Crippen molar-refractivity contribution in [2.75, 3.05) is 11.9 Å². The Kier molecular flexibility index (Phi) is 6.67. The Balaban J connectivity index is 2.05. The van der Waals surface area contributed by atoms with Crippen LogP contribution in [0.2, 0.25) is 10.0 Å². The van der Waals surface area contributed by atoms with E-state index in [1.807, 2.05) is 6.92 Å². The Morgan fingerprint density at radius 1 is 1.16 bits per heavy atom. The maximum atomic E-state index is 12.3. The van der Waals surface area contributed by atoms with Crippen LogP contribution in [-0.4, -0.2) is 24.6 Å². The molecule has 0 radical (unpaired) electrons. The summed E-state index contributed by atoms with van der Waals surface area (Å²) in [5.74, 6) is -0.679. The van der Waals surface area contributed by atoms with E-state index in [-0.39, 0.29) is 10.6 Å². The normalized spacial score (nSPS) is 11.5. The van der Waals surface area contributed by atoms with E-state index in [4.69, 9.17) is 32.7 Å². The predicted octanol–water partition coefficient (Wildman–Crippen LogP) is 4.58. The number of carbonyl (C=O) groups excluding carboxylic acids is 2. The zero-order valence-corrected chi connectivity index (χ0v) is 15.2. The Bertz CT molecular complexity index is 779. The average molecular weight is 382 g/mol. The molecule has 5 nitrogen and oxygen atoms in total. The number of anilines is 1. The second-order valence-electron chi connectivity index (χ2n) is 5.09. The van der Waals surface area contributed by atoms with Gasteiger partial charge in [0, 0.05) is 5.02 Å². The van der Waals surface area contributed by atoms with Gasteiger partial charge in [-0.3, -0.25) is 4.79 Å². The Hall–Kier alpha value is -2.24. The van der Waals surface area contributed by atoms with Gasteiger partial charge in [0.2, 0.25) is 0 Å². The summed E-state index contributed by atoms with van der Waals surface area (Å²) in [5, 5.41) is 3.22. The van der Waals surface area contributed by atoms with Crippen molar-refractivity contribution < 1.29 is 19.1 Å². The highest BCUT2D eigenvalue weighted by atomic mass is 35.5. The van der Waals surface area contributed by atoms with E-state index in [2.05, 4.69) is 5.32 Å². The molecule has 1 amide bonds. The van der Waals surface area contributed by atoms with Crippen LogP contribution in [0.25, 0.3) is 0 Å². The second-order valence-corrected chi connectivity index (χ2v) is 5.93. The molecule has 0 fully saturated rings. The van der Waals surface area contributed by atoms with Crippen molar-refractivity contribution in [2.24, 2.45) is 0 Å². The van der Waals surface area contributed by atoms with Gasteiger partial charge in [0.25, 0.3) is 5.91 Å². The van der Waals surface area contributed by atoms with Gasteiger partial charge in [-0.25, -0.2) is 4.79 Å². The molecule has 0 aliphatic carbocycles. The fourth-order valence-corrected chi connectivity index (χ4v) is 2.38. The zero-order chi connectivity index (χ0) is 18.4. The average Bonchev–Trinajstić information content (AvgIpc) is 2.58. The Labute approximate surface area is 155 Å². The molecule has 25 heavy (non-hydrogen) atoms. The molecule has 0 saturated heterocycles. The van der Waals surface area contributed by atoms with E-state index in [0.717, 1.165) is 0 Å². The molecule has 132 valence electrons. The highest BCUT2D eigenvalue weighted by Gasteiger charge is 2.21. The first-order valence-corrected chi connectivity index (χ1v) is 8.36.